The van der Waals surface area contributed by atoms with Crippen molar-refractivity contribution in [1.82, 2.24) is 34.9 Å². The molecule has 2 amide bonds. The monoisotopic (exact) mass is 516 g/mol. The summed E-state index contributed by atoms with van der Waals surface area (Å²) < 4.78 is 1.75. The van der Waals surface area contributed by atoms with Crippen molar-refractivity contribution in [3.8, 4) is 17.5 Å². The zero-order chi connectivity index (χ0) is 25.7. The third-order valence-electron chi connectivity index (χ3n) is 7.32. The van der Waals surface area contributed by atoms with E-state index in [9.17, 15) is 9.59 Å². The molecule has 37 heavy (non-hydrogen) atoms. The number of benzene rings is 1. The number of likely N-dealkylation sites (tertiary alicyclic amines) is 1. The van der Waals surface area contributed by atoms with Crippen LogP contribution in [0.4, 0.5) is 0 Å². The van der Waals surface area contributed by atoms with Crippen molar-refractivity contribution in [3.63, 3.8) is 0 Å². The van der Waals surface area contributed by atoms with E-state index in [1.54, 1.807) is 22.0 Å². The summed E-state index contributed by atoms with van der Waals surface area (Å²) in [7, 11) is 1.85. The van der Waals surface area contributed by atoms with Gasteiger partial charge in [0.25, 0.3) is 5.91 Å². The molecule has 3 aromatic heterocycles. The van der Waals surface area contributed by atoms with Gasteiger partial charge in [-0.05, 0) is 49.8 Å². The van der Waals surface area contributed by atoms with Crippen molar-refractivity contribution < 1.29 is 9.59 Å². The van der Waals surface area contributed by atoms with Crippen molar-refractivity contribution in [2.45, 2.75) is 31.7 Å². The van der Waals surface area contributed by atoms with E-state index in [0.717, 1.165) is 23.7 Å². The van der Waals surface area contributed by atoms with Crippen LogP contribution in [0.2, 0.25) is 5.02 Å². The first-order valence-corrected chi connectivity index (χ1v) is 12.8. The number of aryl methyl sites for hydroxylation is 1. The molecule has 0 spiro atoms. The summed E-state index contributed by atoms with van der Waals surface area (Å²) in [5.41, 5.74) is 3.24. The number of carbonyl (C=O) groups is 2. The van der Waals surface area contributed by atoms with Crippen LogP contribution < -0.4 is 5.32 Å². The van der Waals surface area contributed by atoms with Gasteiger partial charge in [0.2, 0.25) is 5.91 Å². The highest BCUT2D eigenvalue weighted by Crippen LogP contribution is 2.35. The standard InChI is InChI=1S/C26H25ClN8O2/c1-34-20-5-4-16(27)10-17(20)22(33-34)19-13-30-24-23(31-19)18(12-29-24)25(36)32-21(15-2-3-15)26(37)35-8-6-14(11-28)7-9-35/h4-5,10,12-15,21H,2-3,6-9H2,1H3,(H,29,30)(H,32,36)/t21-/m1/s1. The van der Waals surface area contributed by atoms with Gasteiger partial charge in [-0.2, -0.15) is 10.4 Å². The zero-order valence-electron chi connectivity index (χ0n) is 20.2. The Kier molecular flexibility index (Phi) is 5.80. The highest BCUT2D eigenvalue weighted by molar-refractivity contribution is 6.31. The molecule has 1 saturated carbocycles. The van der Waals surface area contributed by atoms with Crippen LogP contribution in [0.3, 0.4) is 0 Å². The van der Waals surface area contributed by atoms with Crippen LogP contribution in [0.1, 0.15) is 36.0 Å². The molecule has 2 N–H and O–H groups in total. The number of nitrogens with zero attached hydrogens (tertiary/aromatic N) is 6. The van der Waals surface area contributed by atoms with Crippen LogP contribution in [-0.4, -0.2) is 60.6 Å². The Labute approximate surface area is 217 Å². The van der Waals surface area contributed by atoms with E-state index >= 15 is 0 Å². The predicted octanol–water partition coefficient (Wildman–Crippen LogP) is 3.44. The van der Waals surface area contributed by atoms with E-state index in [4.69, 9.17) is 21.8 Å². The molecule has 4 aromatic rings. The predicted molar refractivity (Wildman–Crippen MR) is 138 cm³/mol. The van der Waals surface area contributed by atoms with Crippen LogP contribution >= 0.6 is 11.6 Å². The van der Waals surface area contributed by atoms with Crippen molar-refractivity contribution in [1.29, 1.82) is 5.26 Å². The van der Waals surface area contributed by atoms with Gasteiger partial charge in [0.15, 0.2) is 5.65 Å². The van der Waals surface area contributed by atoms with Gasteiger partial charge >= 0.3 is 0 Å². The Hall–Kier alpha value is -3.97. The van der Waals surface area contributed by atoms with Gasteiger partial charge in [0, 0.05) is 42.7 Å². The Balaban J connectivity index is 1.28. The van der Waals surface area contributed by atoms with Gasteiger partial charge in [0.1, 0.15) is 22.9 Å². The van der Waals surface area contributed by atoms with Gasteiger partial charge in [-0.15, -0.1) is 0 Å². The van der Waals surface area contributed by atoms with Crippen molar-refractivity contribution in [2.75, 3.05) is 13.1 Å². The number of piperidine rings is 1. The minimum Gasteiger partial charge on any atom is -0.344 e. The number of amides is 2. The van der Waals surface area contributed by atoms with E-state index in [1.807, 2.05) is 25.2 Å². The Morgan fingerprint density at radius 3 is 2.76 bits per heavy atom. The Morgan fingerprint density at radius 1 is 1.24 bits per heavy atom. The molecule has 0 bridgehead atoms. The molecule has 0 radical (unpaired) electrons. The second-order valence-corrected chi connectivity index (χ2v) is 10.2. The molecule has 4 heterocycles. The highest BCUT2D eigenvalue weighted by Gasteiger charge is 2.40. The second kappa shape index (κ2) is 9.16. The molecule has 2 fully saturated rings. The maximum atomic E-state index is 13.4. The number of aromatic amines is 1. The Bertz CT molecular complexity index is 1570. The summed E-state index contributed by atoms with van der Waals surface area (Å²) in [5.74, 6) is -0.328. The lowest BCUT2D eigenvalue weighted by molar-refractivity contribution is -0.135. The third kappa shape index (κ3) is 4.29. The third-order valence-corrected chi connectivity index (χ3v) is 7.55. The highest BCUT2D eigenvalue weighted by atomic mass is 35.5. The number of aromatic nitrogens is 5. The number of carbonyl (C=O) groups excluding carboxylic acids is 2. The second-order valence-electron chi connectivity index (χ2n) is 9.81. The molecule has 0 unspecified atom stereocenters. The number of H-pyrrole nitrogens is 1. The molecule has 6 rings (SSSR count). The van der Waals surface area contributed by atoms with Crippen molar-refractivity contribution >= 4 is 45.5 Å². The lowest BCUT2D eigenvalue weighted by Crippen LogP contribution is -2.51. The molecule has 2 aliphatic rings. The summed E-state index contributed by atoms with van der Waals surface area (Å²) >= 11 is 6.23. The maximum absolute atomic E-state index is 13.4. The van der Waals surface area contributed by atoms with Crippen molar-refractivity contribution in [2.24, 2.45) is 18.9 Å². The van der Waals surface area contributed by atoms with E-state index < -0.39 is 6.04 Å². The Morgan fingerprint density at radius 2 is 2.03 bits per heavy atom. The van der Waals surface area contributed by atoms with Gasteiger partial charge < -0.3 is 15.2 Å². The van der Waals surface area contributed by atoms with Gasteiger partial charge in [-0.3, -0.25) is 14.3 Å². The largest absolute Gasteiger partial charge is 0.344 e. The number of halogens is 1. The number of fused-ring (bicyclic) bond motifs is 2. The number of hydrogen-bond donors (Lipinski definition) is 2. The first kappa shape index (κ1) is 23.4. The normalized spacial score (nSPS) is 17.2. The van der Waals surface area contributed by atoms with Crippen LogP contribution in [0.25, 0.3) is 33.5 Å². The molecule has 1 aliphatic heterocycles. The molecule has 1 atom stereocenters. The van der Waals surface area contributed by atoms with Gasteiger partial charge in [-0.25, -0.2) is 9.97 Å². The smallest absolute Gasteiger partial charge is 0.255 e. The fourth-order valence-corrected chi connectivity index (χ4v) is 5.23. The minimum absolute atomic E-state index is 0.00995. The molecule has 188 valence electrons. The first-order valence-electron chi connectivity index (χ1n) is 12.4. The molecule has 1 aromatic carbocycles. The van der Waals surface area contributed by atoms with Gasteiger partial charge in [0.05, 0.1) is 23.3 Å². The van der Waals surface area contributed by atoms with E-state index in [-0.39, 0.29) is 23.7 Å². The van der Waals surface area contributed by atoms with Crippen LogP contribution in [-0.2, 0) is 11.8 Å². The summed E-state index contributed by atoms with van der Waals surface area (Å²) in [5, 5.41) is 18.2. The summed E-state index contributed by atoms with van der Waals surface area (Å²) in [4.78, 5) is 40.7. The molecular formula is C26H25ClN8O2. The number of nitrogens with one attached hydrogen (secondary N) is 2. The quantitative estimate of drug-likeness (QED) is 0.417. The van der Waals surface area contributed by atoms with Gasteiger partial charge in [-0.1, -0.05) is 11.6 Å². The topological polar surface area (TPSA) is 133 Å². The van der Waals surface area contributed by atoms with E-state index in [2.05, 4.69) is 26.5 Å². The van der Waals surface area contributed by atoms with Crippen LogP contribution in [0, 0.1) is 23.2 Å². The number of nitriles is 1. The summed E-state index contributed by atoms with van der Waals surface area (Å²) in [6.07, 6.45) is 6.33. The molecule has 1 saturated heterocycles. The minimum atomic E-state index is -0.589. The van der Waals surface area contributed by atoms with E-state index in [0.29, 0.717) is 59.1 Å². The fraction of sp³-hybridized carbons (Fsp3) is 0.385. The molecule has 11 heteroatoms. The number of rotatable bonds is 5. The molecular weight excluding hydrogens is 492 g/mol. The van der Waals surface area contributed by atoms with E-state index in [1.165, 1.54) is 0 Å². The average Bonchev–Trinajstić information content (AvgIpc) is 3.59. The van der Waals surface area contributed by atoms with Crippen LogP contribution in [0.5, 0.6) is 0 Å². The lowest BCUT2D eigenvalue weighted by Gasteiger charge is -2.32. The molecule has 10 nitrogen and oxygen atoms in total. The maximum Gasteiger partial charge on any atom is 0.255 e. The van der Waals surface area contributed by atoms with Crippen molar-refractivity contribution in [3.05, 3.63) is 41.2 Å². The SMILES string of the molecule is Cn1nc(-c2cnc3[nH]cc(C(=O)N[C@@H](C(=O)N4CCC(C#N)CC4)C4CC4)c3n2)c2cc(Cl)ccc21. The average molecular weight is 517 g/mol. The summed E-state index contributed by atoms with van der Waals surface area (Å²) in [6, 6.07) is 7.24. The number of hydrogen-bond acceptors (Lipinski definition) is 6. The molecule has 1 aliphatic carbocycles. The van der Waals surface area contributed by atoms with Crippen LogP contribution in [0.15, 0.2) is 30.6 Å². The summed E-state index contributed by atoms with van der Waals surface area (Å²) in [6.45, 7) is 1.08. The zero-order valence-corrected chi connectivity index (χ0v) is 21.0. The first-order chi connectivity index (χ1) is 17.9. The fourth-order valence-electron chi connectivity index (χ4n) is 5.06. The lowest BCUT2D eigenvalue weighted by atomic mass is 9.97.